The molecular weight excluding hydrogens is 380 g/mol. The normalized spacial score (nSPS) is 12.3. The molecule has 0 radical (unpaired) electrons. The Morgan fingerprint density at radius 3 is 2.25 bits per heavy atom. The van der Waals surface area contributed by atoms with Crippen LogP contribution in [0.3, 0.4) is 0 Å². The van der Waals surface area contributed by atoms with Crippen molar-refractivity contribution < 1.29 is 22.7 Å². The van der Waals surface area contributed by atoms with Gasteiger partial charge in [-0.15, -0.1) is 0 Å². The highest BCUT2D eigenvalue weighted by molar-refractivity contribution is 7.89. The second kappa shape index (κ2) is 8.99. The molecule has 0 heterocycles. The van der Waals surface area contributed by atoms with E-state index in [0.29, 0.717) is 11.3 Å². The smallest absolute Gasteiger partial charge is 0.321 e. The molecule has 7 nitrogen and oxygen atoms in total. The number of anilines is 1. The van der Waals surface area contributed by atoms with E-state index in [9.17, 15) is 18.0 Å². The fourth-order valence-electron chi connectivity index (χ4n) is 2.40. The molecule has 28 heavy (non-hydrogen) atoms. The van der Waals surface area contributed by atoms with E-state index >= 15 is 0 Å². The van der Waals surface area contributed by atoms with E-state index in [1.807, 2.05) is 19.1 Å². The van der Waals surface area contributed by atoms with E-state index in [-0.39, 0.29) is 4.90 Å². The second-order valence-corrected chi connectivity index (χ2v) is 8.32. The van der Waals surface area contributed by atoms with Crippen LogP contribution < -0.4 is 10.0 Å². The summed E-state index contributed by atoms with van der Waals surface area (Å²) in [7, 11) is -3.87. The first-order valence-electron chi connectivity index (χ1n) is 8.72. The van der Waals surface area contributed by atoms with Crippen LogP contribution in [0.5, 0.6) is 0 Å². The van der Waals surface area contributed by atoms with Gasteiger partial charge in [-0.3, -0.25) is 9.59 Å². The van der Waals surface area contributed by atoms with Gasteiger partial charge in [0.15, 0.2) is 6.10 Å². The summed E-state index contributed by atoms with van der Waals surface area (Å²) in [6.07, 6.45) is -1.07. The molecule has 2 N–H and O–H groups in total. The van der Waals surface area contributed by atoms with Crippen LogP contribution in [0.15, 0.2) is 47.4 Å². The monoisotopic (exact) mass is 404 g/mol. The molecule has 2 rings (SSSR count). The maximum absolute atomic E-state index is 12.4. The van der Waals surface area contributed by atoms with Crippen LogP contribution in [0.4, 0.5) is 5.69 Å². The summed E-state index contributed by atoms with van der Waals surface area (Å²) in [4.78, 5) is 24.2. The van der Waals surface area contributed by atoms with Crippen molar-refractivity contribution in [1.82, 2.24) is 4.72 Å². The molecule has 0 saturated carbocycles. The molecule has 0 aliphatic carbocycles. The topological polar surface area (TPSA) is 102 Å². The zero-order chi connectivity index (χ0) is 20.9. The first kappa shape index (κ1) is 21.6. The van der Waals surface area contributed by atoms with Crippen molar-refractivity contribution in [3.63, 3.8) is 0 Å². The Balaban J connectivity index is 1.91. The van der Waals surface area contributed by atoms with Gasteiger partial charge in [-0.1, -0.05) is 29.8 Å². The molecule has 8 heteroatoms. The van der Waals surface area contributed by atoms with Gasteiger partial charge in [-0.05, 0) is 57.0 Å². The lowest BCUT2D eigenvalue weighted by Gasteiger charge is -2.14. The molecule has 150 valence electrons. The number of rotatable bonds is 7. The lowest BCUT2D eigenvalue weighted by Crippen LogP contribution is -2.36. The molecule has 0 unspecified atom stereocenters. The minimum Gasteiger partial charge on any atom is -0.452 e. The SMILES string of the molecule is Cc1ccc(NC(=O)[C@@H](C)OC(=O)CNS(=O)(=O)c2cc(C)ccc2C)cc1. The molecule has 0 aromatic heterocycles. The average Bonchev–Trinajstić information content (AvgIpc) is 2.64. The van der Waals surface area contributed by atoms with Crippen molar-refractivity contribution in [2.45, 2.75) is 38.7 Å². The number of ether oxygens (including phenoxy) is 1. The van der Waals surface area contributed by atoms with Crippen LogP contribution in [0.2, 0.25) is 0 Å². The van der Waals surface area contributed by atoms with Crippen molar-refractivity contribution in [2.24, 2.45) is 0 Å². The Kier molecular flexibility index (Phi) is 6.93. The van der Waals surface area contributed by atoms with Gasteiger partial charge in [-0.2, -0.15) is 4.72 Å². The van der Waals surface area contributed by atoms with E-state index in [1.165, 1.54) is 13.0 Å². The summed E-state index contributed by atoms with van der Waals surface area (Å²) in [5.74, 6) is -1.35. The molecule has 2 aromatic carbocycles. The number of amides is 1. The zero-order valence-corrected chi connectivity index (χ0v) is 17.1. The fourth-order valence-corrected chi connectivity index (χ4v) is 3.70. The van der Waals surface area contributed by atoms with Crippen molar-refractivity contribution in [1.29, 1.82) is 0 Å². The third-order valence-corrected chi connectivity index (χ3v) is 5.58. The Morgan fingerprint density at radius 1 is 1.00 bits per heavy atom. The minimum atomic E-state index is -3.87. The Morgan fingerprint density at radius 2 is 1.61 bits per heavy atom. The minimum absolute atomic E-state index is 0.102. The Labute approximate surface area is 165 Å². The van der Waals surface area contributed by atoms with Gasteiger partial charge in [-0.25, -0.2) is 8.42 Å². The van der Waals surface area contributed by atoms with Crippen LogP contribution in [0.25, 0.3) is 0 Å². The van der Waals surface area contributed by atoms with Crippen LogP contribution in [0.1, 0.15) is 23.6 Å². The molecule has 1 atom stereocenters. The van der Waals surface area contributed by atoms with Gasteiger partial charge < -0.3 is 10.1 Å². The Hall–Kier alpha value is -2.71. The van der Waals surface area contributed by atoms with Crippen molar-refractivity contribution >= 4 is 27.6 Å². The highest BCUT2D eigenvalue weighted by Crippen LogP contribution is 2.16. The number of carbonyl (C=O) groups is 2. The maximum Gasteiger partial charge on any atom is 0.321 e. The molecule has 0 spiro atoms. The van der Waals surface area contributed by atoms with Crippen molar-refractivity contribution in [2.75, 3.05) is 11.9 Å². The average molecular weight is 404 g/mol. The fraction of sp³-hybridized carbons (Fsp3) is 0.300. The summed E-state index contributed by atoms with van der Waals surface area (Å²) in [6.45, 7) is 6.22. The van der Waals surface area contributed by atoms with Crippen molar-refractivity contribution in [3.8, 4) is 0 Å². The first-order valence-corrected chi connectivity index (χ1v) is 10.2. The predicted octanol–water partition coefficient (Wildman–Crippen LogP) is 2.46. The van der Waals surface area contributed by atoms with Gasteiger partial charge in [0, 0.05) is 5.69 Å². The number of carbonyl (C=O) groups excluding carboxylic acids is 2. The number of hydrogen-bond acceptors (Lipinski definition) is 5. The van der Waals surface area contributed by atoms with E-state index in [4.69, 9.17) is 4.74 Å². The lowest BCUT2D eigenvalue weighted by atomic mass is 10.2. The molecule has 1 amide bonds. The summed E-state index contributed by atoms with van der Waals surface area (Å²) >= 11 is 0. The summed E-state index contributed by atoms with van der Waals surface area (Å²) in [5, 5.41) is 2.63. The molecule has 0 saturated heterocycles. The van der Waals surface area contributed by atoms with E-state index < -0.39 is 34.5 Å². The molecular formula is C20H24N2O5S. The molecule has 0 aliphatic heterocycles. The highest BCUT2D eigenvalue weighted by Gasteiger charge is 2.21. The first-order chi connectivity index (χ1) is 13.1. The molecule has 0 fully saturated rings. The molecule has 0 aliphatic rings. The third kappa shape index (κ3) is 5.90. The predicted molar refractivity (Wildman–Crippen MR) is 106 cm³/mol. The third-order valence-electron chi connectivity index (χ3n) is 4.04. The highest BCUT2D eigenvalue weighted by atomic mass is 32.2. The maximum atomic E-state index is 12.4. The van der Waals surface area contributed by atoms with E-state index in [2.05, 4.69) is 10.0 Å². The Bertz CT molecular complexity index is 969. The zero-order valence-electron chi connectivity index (χ0n) is 16.3. The standard InChI is InChI=1S/C20H24N2O5S/c1-13-6-9-17(10-7-13)22-20(24)16(4)27-19(23)12-21-28(25,26)18-11-14(2)5-8-15(18)3/h5-11,16,21H,12H2,1-4H3,(H,22,24)/t16-/m1/s1. The number of hydrogen-bond donors (Lipinski definition) is 2. The van der Waals surface area contributed by atoms with Crippen LogP contribution in [-0.2, 0) is 24.3 Å². The molecule has 2 aromatic rings. The number of nitrogens with one attached hydrogen (secondary N) is 2. The summed E-state index contributed by atoms with van der Waals surface area (Å²) in [6, 6.07) is 12.2. The van der Waals surface area contributed by atoms with Crippen LogP contribution in [0, 0.1) is 20.8 Å². The largest absolute Gasteiger partial charge is 0.452 e. The number of esters is 1. The van der Waals surface area contributed by atoms with Gasteiger partial charge in [0.2, 0.25) is 10.0 Å². The van der Waals surface area contributed by atoms with E-state index in [0.717, 1.165) is 11.1 Å². The van der Waals surface area contributed by atoms with Gasteiger partial charge >= 0.3 is 5.97 Å². The summed E-state index contributed by atoms with van der Waals surface area (Å²) < 4.78 is 32.0. The summed E-state index contributed by atoms with van der Waals surface area (Å²) in [5.41, 5.74) is 2.98. The second-order valence-electron chi connectivity index (χ2n) is 6.58. The van der Waals surface area contributed by atoms with Gasteiger partial charge in [0.1, 0.15) is 6.54 Å². The number of sulfonamides is 1. The van der Waals surface area contributed by atoms with Crippen molar-refractivity contribution in [3.05, 3.63) is 59.2 Å². The van der Waals surface area contributed by atoms with Crippen LogP contribution in [-0.4, -0.2) is 32.9 Å². The van der Waals surface area contributed by atoms with E-state index in [1.54, 1.807) is 38.1 Å². The number of benzene rings is 2. The lowest BCUT2D eigenvalue weighted by molar-refractivity contribution is -0.151. The molecule has 0 bridgehead atoms. The van der Waals surface area contributed by atoms with Gasteiger partial charge in [0.25, 0.3) is 5.91 Å². The van der Waals surface area contributed by atoms with Crippen LogP contribution >= 0.6 is 0 Å². The van der Waals surface area contributed by atoms with Gasteiger partial charge in [0.05, 0.1) is 4.90 Å². The number of aryl methyl sites for hydroxylation is 3. The quantitative estimate of drug-likeness (QED) is 0.690.